The molecule has 1 aromatic carbocycles. The van der Waals surface area contributed by atoms with Crippen molar-refractivity contribution in [3.05, 3.63) is 21.9 Å². The number of halogens is 3. The first-order valence-electron chi connectivity index (χ1n) is 3.70. The van der Waals surface area contributed by atoms with E-state index in [-0.39, 0.29) is 16.2 Å². The van der Waals surface area contributed by atoms with Gasteiger partial charge in [0.1, 0.15) is 0 Å². The van der Waals surface area contributed by atoms with Crippen molar-refractivity contribution in [3.8, 4) is 0 Å². The van der Waals surface area contributed by atoms with Crippen LogP contribution in [0.4, 0.5) is 10.1 Å². The molecule has 0 aromatic heterocycles. The topological polar surface area (TPSA) is 12.0 Å². The van der Waals surface area contributed by atoms with Crippen molar-refractivity contribution >= 4 is 40.7 Å². The number of fused-ring (bicyclic) bond motifs is 1. The van der Waals surface area contributed by atoms with E-state index < -0.39 is 0 Å². The minimum Gasteiger partial charge on any atom is -0.371 e. The van der Waals surface area contributed by atoms with Gasteiger partial charge in [0, 0.05) is 0 Å². The van der Waals surface area contributed by atoms with E-state index in [1.165, 1.54) is 17.8 Å². The Bertz CT molecular complexity index is 370. The molecule has 5 heteroatoms. The molecule has 1 heterocycles. The molecule has 0 radical (unpaired) electrons. The lowest BCUT2D eigenvalue weighted by Crippen LogP contribution is -2.02. The lowest BCUT2D eigenvalue weighted by atomic mass is 10.3. The number of rotatable bonds is 0. The highest BCUT2D eigenvalue weighted by molar-refractivity contribution is 8.00. The summed E-state index contributed by atoms with van der Waals surface area (Å²) in [6.45, 7) is 1.94. The van der Waals surface area contributed by atoms with Gasteiger partial charge in [0.2, 0.25) is 0 Å². The van der Waals surface area contributed by atoms with Crippen LogP contribution in [0.15, 0.2) is 11.0 Å². The Morgan fingerprint density at radius 1 is 1.46 bits per heavy atom. The van der Waals surface area contributed by atoms with Gasteiger partial charge >= 0.3 is 0 Å². The molecule has 0 amide bonds. The summed E-state index contributed by atoms with van der Waals surface area (Å²) in [6, 6.07) is 1.42. The Labute approximate surface area is 89.6 Å². The minimum absolute atomic E-state index is 0.0761. The normalized spacial score (nSPS) is 19.8. The molecular weight excluding hydrogens is 232 g/mol. The summed E-state index contributed by atoms with van der Waals surface area (Å²) in [5, 5.41) is 3.75. The molecule has 0 aliphatic carbocycles. The fourth-order valence-electron chi connectivity index (χ4n) is 1.23. The van der Waals surface area contributed by atoms with Crippen molar-refractivity contribution in [2.24, 2.45) is 0 Å². The highest BCUT2D eigenvalue weighted by atomic mass is 35.5. The van der Waals surface area contributed by atoms with Gasteiger partial charge in [-0.25, -0.2) is 4.39 Å². The first-order chi connectivity index (χ1) is 6.09. The molecule has 0 spiro atoms. The maximum Gasteiger partial charge on any atom is 0.157 e. The number of thioether (sulfide) groups is 1. The van der Waals surface area contributed by atoms with Crippen molar-refractivity contribution < 1.29 is 4.39 Å². The Kier molecular flexibility index (Phi) is 2.34. The van der Waals surface area contributed by atoms with Crippen molar-refractivity contribution in [2.75, 3.05) is 5.32 Å². The van der Waals surface area contributed by atoms with E-state index in [9.17, 15) is 4.39 Å². The van der Waals surface area contributed by atoms with Gasteiger partial charge < -0.3 is 5.32 Å². The molecular formula is C8H6Cl2FNS. The van der Waals surface area contributed by atoms with Crippen molar-refractivity contribution in [2.45, 2.75) is 17.2 Å². The molecule has 0 fully saturated rings. The molecule has 13 heavy (non-hydrogen) atoms. The van der Waals surface area contributed by atoms with Crippen LogP contribution in [-0.2, 0) is 0 Å². The number of nitrogens with one attached hydrogen (secondary N) is 1. The van der Waals surface area contributed by atoms with Crippen LogP contribution in [0.1, 0.15) is 6.92 Å². The smallest absolute Gasteiger partial charge is 0.157 e. The van der Waals surface area contributed by atoms with E-state index in [0.29, 0.717) is 15.6 Å². The van der Waals surface area contributed by atoms with Crippen LogP contribution in [-0.4, -0.2) is 5.37 Å². The zero-order valence-electron chi connectivity index (χ0n) is 6.70. The molecule has 2 rings (SSSR count). The maximum absolute atomic E-state index is 13.4. The number of hydrogen-bond acceptors (Lipinski definition) is 2. The maximum atomic E-state index is 13.4. The van der Waals surface area contributed by atoms with Crippen LogP contribution in [0, 0.1) is 5.82 Å². The number of benzene rings is 1. The molecule has 0 saturated carbocycles. The van der Waals surface area contributed by atoms with Crippen LogP contribution in [0.25, 0.3) is 0 Å². The van der Waals surface area contributed by atoms with Gasteiger partial charge in [-0.05, 0) is 13.0 Å². The van der Waals surface area contributed by atoms with Gasteiger partial charge in [-0.1, -0.05) is 35.0 Å². The van der Waals surface area contributed by atoms with Crippen LogP contribution < -0.4 is 5.32 Å². The predicted octanol–water partition coefficient (Wildman–Crippen LogP) is 4.00. The zero-order valence-corrected chi connectivity index (χ0v) is 9.03. The molecule has 1 aliphatic heterocycles. The lowest BCUT2D eigenvalue weighted by molar-refractivity contribution is 0.604. The zero-order chi connectivity index (χ0) is 9.59. The fraction of sp³-hybridized carbons (Fsp3) is 0.250. The van der Waals surface area contributed by atoms with E-state index in [2.05, 4.69) is 5.32 Å². The molecule has 0 bridgehead atoms. The summed E-state index contributed by atoms with van der Waals surface area (Å²) in [4.78, 5) is 0.519. The van der Waals surface area contributed by atoms with Crippen LogP contribution in [0.2, 0.25) is 10.0 Å². The van der Waals surface area contributed by atoms with E-state index in [4.69, 9.17) is 23.2 Å². The Morgan fingerprint density at radius 2 is 2.15 bits per heavy atom. The molecule has 1 aliphatic rings. The average molecular weight is 238 g/mol. The summed E-state index contributed by atoms with van der Waals surface area (Å²) in [5.74, 6) is -0.386. The predicted molar refractivity (Wildman–Crippen MR) is 55.4 cm³/mol. The monoisotopic (exact) mass is 237 g/mol. The molecule has 1 atom stereocenters. The van der Waals surface area contributed by atoms with E-state index in [1.807, 2.05) is 6.92 Å². The van der Waals surface area contributed by atoms with Crippen LogP contribution >= 0.6 is 35.0 Å². The molecule has 1 unspecified atom stereocenters. The highest BCUT2D eigenvalue weighted by Gasteiger charge is 2.25. The Balaban J connectivity index is 2.62. The second-order valence-electron chi connectivity index (χ2n) is 2.76. The number of hydrogen-bond donors (Lipinski definition) is 1. The highest BCUT2D eigenvalue weighted by Crippen LogP contribution is 2.46. The van der Waals surface area contributed by atoms with Gasteiger partial charge in [0.15, 0.2) is 5.82 Å². The minimum atomic E-state index is -0.386. The summed E-state index contributed by atoms with van der Waals surface area (Å²) >= 11 is 12.9. The van der Waals surface area contributed by atoms with Gasteiger partial charge in [0.25, 0.3) is 0 Å². The molecule has 1 aromatic rings. The van der Waals surface area contributed by atoms with Gasteiger partial charge in [-0.3, -0.25) is 0 Å². The van der Waals surface area contributed by atoms with E-state index in [0.717, 1.165) is 0 Å². The summed E-state index contributed by atoms with van der Waals surface area (Å²) in [6.07, 6.45) is 0. The standard InChI is InChI=1S/C8H6Cl2FNS/c1-3-12-7-5(10)2-4(9)6(11)8(7)13-3/h2-3,12H,1H3. The lowest BCUT2D eigenvalue weighted by Gasteiger charge is -2.04. The second kappa shape index (κ2) is 3.23. The third-order valence-electron chi connectivity index (χ3n) is 1.77. The second-order valence-corrected chi connectivity index (χ2v) is 4.93. The third-order valence-corrected chi connectivity index (χ3v) is 3.43. The van der Waals surface area contributed by atoms with Gasteiger partial charge in [-0.15, -0.1) is 0 Å². The van der Waals surface area contributed by atoms with Gasteiger partial charge in [0.05, 0.1) is 26.0 Å². The third kappa shape index (κ3) is 1.49. The first kappa shape index (κ1) is 9.44. The summed E-state index contributed by atoms with van der Waals surface area (Å²) in [5.41, 5.74) is 0.654. The van der Waals surface area contributed by atoms with Crippen molar-refractivity contribution in [1.82, 2.24) is 0 Å². The van der Waals surface area contributed by atoms with Gasteiger partial charge in [-0.2, -0.15) is 0 Å². The number of anilines is 1. The summed E-state index contributed by atoms with van der Waals surface area (Å²) < 4.78 is 13.4. The van der Waals surface area contributed by atoms with E-state index in [1.54, 1.807) is 0 Å². The first-order valence-corrected chi connectivity index (χ1v) is 5.34. The fourth-order valence-corrected chi connectivity index (χ4v) is 2.89. The molecule has 1 nitrogen and oxygen atoms in total. The molecule has 0 saturated heterocycles. The van der Waals surface area contributed by atoms with Crippen LogP contribution in [0.5, 0.6) is 0 Å². The van der Waals surface area contributed by atoms with Crippen LogP contribution in [0.3, 0.4) is 0 Å². The summed E-state index contributed by atoms with van der Waals surface area (Å²) in [7, 11) is 0. The SMILES string of the molecule is CC1Nc2c(Cl)cc(Cl)c(F)c2S1. The average Bonchev–Trinajstić information content (AvgIpc) is 2.44. The Morgan fingerprint density at radius 3 is 2.85 bits per heavy atom. The van der Waals surface area contributed by atoms with E-state index >= 15 is 0 Å². The molecule has 1 N–H and O–H groups in total. The largest absolute Gasteiger partial charge is 0.371 e. The molecule has 70 valence electrons. The van der Waals surface area contributed by atoms with Crippen molar-refractivity contribution in [3.63, 3.8) is 0 Å². The quantitative estimate of drug-likeness (QED) is 0.685. The van der Waals surface area contributed by atoms with Crippen molar-refractivity contribution in [1.29, 1.82) is 0 Å². The Hall–Kier alpha value is -0.120.